The maximum Gasteiger partial charge on any atom is 0.419 e. The highest BCUT2D eigenvalue weighted by molar-refractivity contribution is 7.92. The topological polar surface area (TPSA) is 98.4 Å². The van der Waals surface area contributed by atoms with E-state index in [0.717, 1.165) is 5.56 Å². The number of fused-ring (bicyclic) bond motifs is 1. The van der Waals surface area contributed by atoms with Gasteiger partial charge < -0.3 is 4.42 Å². The molecule has 3 aromatic carbocycles. The minimum Gasteiger partial charge on any atom is -0.408 e. The minimum absolute atomic E-state index is 0.0792. The Kier molecular flexibility index (Phi) is 5.43. The summed E-state index contributed by atoms with van der Waals surface area (Å²) in [5, 5.41) is -0.0792. The number of rotatable bonds is 6. The normalized spacial score (nSPS) is 11.5. The number of nitrogens with one attached hydrogen (secondary N) is 1. The van der Waals surface area contributed by atoms with Crippen molar-refractivity contribution in [3.63, 3.8) is 0 Å². The first-order chi connectivity index (χ1) is 14.8. The molecule has 0 aliphatic rings. The summed E-state index contributed by atoms with van der Waals surface area (Å²) in [6.45, 7) is 0. The van der Waals surface area contributed by atoms with Crippen LogP contribution in [0.15, 0.2) is 80.8 Å². The highest BCUT2D eigenvalue weighted by atomic mass is 35.5. The predicted molar refractivity (Wildman–Crippen MR) is 118 cm³/mol. The molecule has 0 saturated heterocycles. The molecule has 1 N–H and O–H groups in total. The van der Waals surface area contributed by atoms with Gasteiger partial charge in [-0.2, -0.15) is 0 Å². The van der Waals surface area contributed by atoms with E-state index in [1.165, 1.54) is 29.8 Å². The van der Waals surface area contributed by atoms with E-state index in [0.29, 0.717) is 5.52 Å². The predicted octanol–water partition coefficient (Wildman–Crippen LogP) is 4.01. The zero-order valence-electron chi connectivity index (χ0n) is 16.3. The largest absolute Gasteiger partial charge is 0.419 e. The number of hydrogen-bond acceptors (Lipinski definition) is 5. The molecule has 0 saturated carbocycles. The van der Waals surface area contributed by atoms with Gasteiger partial charge in [0.25, 0.3) is 10.0 Å². The number of sulfonamides is 1. The number of anilines is 1. The molecule has 0 spiro atoms. The molecule has 0 bridgehead atoms. The van der Waals surface area contributed by atoms with Crippen LogP contribution in [-0.2, 0) is 23.5 Å². The van der Waals surface area contributed by atoms with Crippen molar-refractivity contribution in [3.8, 4) is 0 Å². The van der Waals surface area contributed by atoms with E-state index in [1.54, 1.807) is 18.2 Å². The van der Waals surface area contributed by atoms with E-state index in [4.69, 9.17) is 16.0 Å². The van der Waals surface area contributed by atoms with Crippen LogP contribution >= 0.6 is 11.6 Å². The summed E-state index contributed by atoms with van der Waals surface area (Å²) in [6, 6.07) is 18.1. The molecule has 0 amide bonds. The van der Waals surface area contributed by atoms with Gasteiger partial charge in [-0.1, -0.05) is 54.1 Å². The first-order valence-corrected chi connectivity index (χ1v) is 11.1. The van der Waals surface area contributed by atoms with Gasteiger partial charge in [-0.3, -0.25) is 14.1 Å². The lowest BCUT2D eigenvalue weighted by Crippen LogP contribution is -2.16. The van der Waals surface area contributed by atoms with Gasteiger partial charge in [0.15, 0.2) is 11.4 Å². The molecular weight excluding hydrogens is 440 g/mol. The summed E-state index contributed by atoms with van der Waals surface area (Å²) in [7, 11) is -2.68. The van der Waals surface area contributed by atoms with Crippen LogP contribution in [0.1, 0.15) is 15.9 Å². The lowest BCUT2D eigenvalue weighted by molar-refractivity contribution is 0.0994. The molecule has 0 aliphatic heterocycles. The molecule has 0 aliphatic carbocycles. The molecule has 1 aromatic heterocycles. The molecular formula is C22H17ClN2O5S. The van der Waals surface area contributed by atoms with Crippen LogP contribution in [0.3, 0.4) is 0 Å². The lowest BCUT2D eigenvalue weighted by Gasteiger charge is -2.13. The molecule has 0 unspecified atom stereocenters. The van der Waals surface area contributed by atoms with Crippen LogP contribution in [0, 0.1) is 0 Å². The number of aryl methyl sites for hydroxylation is 1. The van der Waals surface area contributed by atoms with Gasteiger partial charge in [0, 0.05) is 25.1 Å². The fourth-order valence-electron chi connectivity index (χ4n) is 3.23. The van der Waals surface area contributed by atoms with Gasteiger partial charge in [-0.05, 0) is 23.8 Å². The van der Waals surface area contributed by atoms with Gasteiger partial charge in [-0.15, -0.1) is 0 Å². The summed E-state index contributed by atoms with van der Waals surface area (Å²) in [4.78, 5) is 24.3. The van der Waals surface area contributed by atoms with Gasteiger partial charge in [0.2, 0.25) is 0 Å². The average Bonchev–Trinajstić information content (AvgIpc) is 3.01. The molecule has 9 heteroatoms. The molecule has 0 fully saturated rings. The van der Waals surface area contributed by atoms with Crippen LogP contribution < -0.4 is 10.5 Å². The number of oxazole rings is 1. The van der Waals surface area contributed by atoms with Crippen molar-refractivity contribution < 1.29 is 17.6 Å². The second kappa shape index (κ2) is 8.05. The zero-order chi connectivity index (χ0) is 22.2. The molecule has 0 atom stereocenters. The van der Waals surface area contributed by atoms with E-state index in [-0.39, 0.29) is 39.0 Å². The highest BCUT2D eigenvalue weighted by Crippen LogP contribution is 2.29. The lowest BCUT2D eigenvalue weighted by atomic mass is 10.0. The van der Waals surface area contributed by atoms with Crippen LogP contribution in [0.25, 0.3) is 11.1 Å². The number of nitrogens with zero attached hydrogens (tertiary/aromatic N) is 1. The van der Waals surface area contributed by atoms with E-state index in [1.807, 2.05) is 30.3 Å². The fourth-order valence-corrected chi connectivity index (χ4v) is 4.84. The second-order valence-corrected chi connectivity index (χ2v) is 8.97. The van der Waals surface area contributed by atoms with Crippen LogP contribution in [0.2, 0.25) is 5.02 Å². The molecule has 1 heterocycles. The smallest absolute Gasteiger partial charge is 0.408 e. The van der Waals surface area contributed by atoms with Gasteiger partial charge in [-0.25, -0.2) is 13.2 Å². The van der Waals surface area contributed by atoms with E-state index in [9.17, 15) is 18.0 Å². The number of carbonyl (C=O) groups excluding carboxylic acids is 1. The zero-order valence-corrected chi connectivity index (χ0v) is 17.9. The van der Waals surface area contributed by atoms with Crippen molar-refractivity contribution in [3.05, 3.63) is 93.4 Å². The number of ketones is 1. The van der Waals surface area contributed by atoms with Gasteiger partial charge >= 0.3 is 5.76 Å². The Morgan fingerprint density at radius 3 is 2.48 bits per heavy atom. The standard InChI is InChI=1S/C22H17ClN2O5S/c1-25-18-12-16(23)21(13-20(18)30-22(25)27)31(28,29)24-17-10-6-5-9-15(17)19(26)11-14-7-3-2-4-8-14/h2-10,12-13,24H,11H2,1H3. The summed E-state index contributed by atoms with van der Waals surface area (Å²) < 4.78 is 34.8. The van der Waals surface area contributed by atoms with Gasteiger partial charge in [0.05, 0.1) is 16.2 Å². The summed E-state index contributed by atoms with van der Waals surface area (Å²) >= 11 is 6.20. The van der Waals surface area contributed by atoms with Crippen molar-refractivity contribution in [2.75, 3.05) is 4.72 Å². The number of aromatic nitrogens is 1. The van der Waals surface area contributed by atoms with E-state index in [2.05, 4.69) is 4.72 Å². The van der Waals surface area contributed by atoms with Crippen molar-refractivity contribution in [1.82, 2.24) is 4.57 Å². The number of carbonyl (C=O) groups is 1. The highest BCUT2D eigenvalue weighted by Gasteiger charge is 2.23. The summed E-state index contributed by atoms with van der Waals surface area (Å²) in [6.07, 6.45) is 0.126. The van der Waals surface area contributed by atoms with Crippen LogP contribution in [0.5, 0.6) is 0 Å². The van der Waals surface area contributed by atoms with Crippen LogP contribution in [-0.4, -0.2) is 18.8 Å². The Labute approximate surface area is 182 Å². The third kappa shape index (κ3) is 4.12. The first-order valence-electron chi connectivity index (χ1n) is 9.24. The monoisotopic (exact) mass is 456 g/mol. The summed E-state index contributed by atoms with van der Waals surface area (Å²) in [5.41, 5.74) is 1.64. The number of benzene rings is 3. The number of para-hydroxylation sites is 1. The third-order valence-corrected chi connectivity index (χ3v) is 6.64. The maximum atomic E-state index is 13.1. The molecule has 4 aromatic rings. The van der Waals surface area contributed by atoms with Crippen molar-refractivity contribution in [1.29, 1.82) is 0 Å². The van der Waals surface area contributed by atoms with Crippen molar-refractivity contribution >= 4 is 44.2 Å². The molecule has 158 valence electrons. The Bertz CT molecular complexity index is 1460. The fraction of sp³-hybridized carbons (Fsp3) is 0.0909. The first kappa shape index (κ1) is 20.9. The Morgan fingerprint density at radius 2 is 1.74 bits per heavy atom. The maximum absolute atomic E-state index is 13.1. The molecule has 31 heavy (non-hydrogen) atoms. The Balaban J connectivity index is 1.69. The number of hydrogen-bond donors (Lipinski definition) is 1. The second-order valence-electron chi connectivity index (χ2n) is 6.91. The van der Waals surface area contributed by atoms with Crippen LogP contribution in [0.4, 0.5) is 5.69 Å². The minimum atomic E-state index is -4.17. The van der Waals surface area contributed by atoms with E-state index >= 15 is 0 Å². The Morgan fingerprint density at radius 1 is 1.06 bits per heavy atom. The summed E-state index contributed by atoms with van der Waals surface area (Å²) in [5.74, 6) is -0.870. The van der Waals surface area contributed by atoms with Crippen molar-refractivity contribution in [2.24, 2.45) is 7.05 Å². The number of Topliss-reactive ketones (excluding diaryl/α,β-unsaturated/α-hetero) is 1. The average molecular weight is 457 g/mol. The molecule has 4 rings (SSSR count). The van der Waals surface area contributed by atoms with Crippen molar-refractivity contribution in [2.45, 2.75) is 11.3 Å². The SMILES string of the molecule is Cn1c(=O)oc2cc(S(=O)(=O)Nc3ccccc3C(=O)Cc3ccccc3)c(Cl)cc21. The molecule has 0 radical (unpaired) electrons. The molecule has 7 nitrogen and oxygen atoms in total. The van der Waals surface area contributed by atoms with E-state index < -0.39 is 15.8 Å². The Hall–Kier alpha value is -3.36. The number of halogens is 1. The van der Waals surface area contributed by atoms with Gasteiger partial charge in [0.1, 0.15) is 4.90 Å². The third-order valence-electron chi connectivity index (χ3n) is 4.81. The quantitative estimate of drug-likeness (QED) is 0.442.